The van der Waals surface area contributed by atoms with E-state index in [4.69, 9.17) is 5.11 Å². The maximum absolute atomic E-state index is 8.25. The van der Waals surface area contributed by atoms with Gasteiger partial charge in [-0.3, -0.25) is 0 Å². The van der Waals surface area contributed by atoms with Crippen molar-refractivity contribution in [2.75, 3.05) is 7.11 Å². The van der Waals surface area contributed by atoms with Gasteiger partial charge in [0.2, 0.25) is 0 Å². The van der Waals surface area contributed by atoms with Crippen molar-refractivity contribution in [1.29, 1.82) is 0 Å². The molecule has 0 amide bonds. The molecule has 4 heteroatoms. The first-order valence-corrected chi connectivity index (χ1v) is 12.1. The molecule has 0 bridgehead atoms. The molecule has 0 fully saturated rings. The monoisotopic (exact) mass is 569 g/mol. The second kappa shape index (κ2) is 17.8. The van der Waals surface area contributed by atoms with Crippen molar-refractivity contribution < 1.29 is 43.7 Å². The predicted octanol–water partition coefficient (Wildman–Crippen LogP) is 2.17. The Bertz CT molecular complexity index is 1150. The molecule has 0 N–H and O–H groups in total. The van der Waals surface area contributed by atoms with Gasteiger partial charge >= 0.3 is 26.2 Å². The van der Waals surface area contributed by atoms with Crippen LogP contribution in [0, 0.1) is 0 Å². The molecule has 6 aromatic rings. The van der Waals surface area contributed by atoms with Gasteiger partial charge in [-0.05, 0) is 0 Å². The van der Waals surface area contributed by atoms with Gasteiger partial charge in [-0.2, -0.15) is 42.1 Å². The fourth-order valence-electron chi connectivity index (χ4n) is 3.43. The molecule has 0 spiro atoms. The molecule has 6 rings (SSSR count). The minimum atomic E-state index is 0. The van der Waals surface area contributed by atoms with Gasteiger partial charge in [0.1, 0.15) is 9.52 Å². The van der Waals surface area contributed by atoms with Gasteiger partial charge in [0, 0.05) is 0 Å². The van der Waals surface area contributed by atoms with Gasteiger partial charge in [-0.15, -0.1) is 59.3 Å². The maximum Gasteiger partial charge on any atom is 4.00 e. The first kappa shape index (κ1) is 30.5. The third-order valence-corrected chi connectivity index (χ3v) is 6.46. The van der Waals surface area contributed by atoms with Crippen LogP contribution in [-0.2, 0) is 26.2 Å². The summed E-state index contributed by atoms with van der Waals surface area (Å²) in [5, 5.41) is 16.5. The normalized spacial score (nSPS) is 9.09. The Morgan fingerprint density at radius 2 is 0.829 bits per heavy atom. The van der Waals surface area contributed by atoms with Crippen molar-refractivity contribution in [2.24, 2.45) is 0 Å². The third-order valence-electron chi connectivity index (χ3n) is 5.03. The van der Waals surface area contributed by atoms with Crippen molar-refractivity contribution in [3.8, 4) is 0 Å². The number of benzene rings is 4. The summed E-state index contributed by atoms with van der Waals surface area (Å²) in [5.41, 5.74) is 0. The Balaban J connectivity index is 0.000000251. The summed E-state index contributed by atoms with van der Waals surface area (Å²) in [5.74, 6) is 0. The molecule has 0 saturated carbocycles. The van der Waals surface area contributed by atoms with Crippen LogP contribution in [0.3, 0.4) is 0 Å². The van der Waals surface area contributed by atoms with Gasteiger partial charge in [0.05, 0.1) is 0 Å². The van der Waals surface area contributed by atoms with Crippen LogP contribution in [0.2, 0.25) is 0 Å². The van der Waals surface area contributed by atoms with Crippen molar-refractivity contribution in [1.82, 2.24) is 0 Å². The molecule has 6 aromatic carbocycles. The maximum atomic E-state index is 8.25. The van der Waals surface area contributed by atoms with E-state index in [9.17, 15) is 0 Å². The van der Waals surface area contributed by atoms with E-state index < -0.39 is 0 Å². The summed E-state index contributed by atoms with van der Waals surface area (Å²) in [7, 11) is 1.02. The molecule has 0 aliphatic carbocycles. The van der Waals surface area contributed by atoms with Crippen LogP contribution >= 0.6 is 0 Å². The van der Waals surface area contributed by atoms with Crippen molar-refractivity contribution in [2.45, 2.75) is 0 Å². The molecule has 0 heterocycles. The molecule has 0 aromatic heterocycles. The number of hydrogen-bond acceptors (Lipinski definition) is 1. The fourth-order valence-corrected chi connectivity index (χ4v) is 4.65. The number of hydrogen-bond donors (Lipinski definition) is 0. The molecule has 1 nitrogen and oxygen atoms in total. The molecule has 1 radical (unpaired) electrons. The SMILES string of the molecule is C[O-].[Cl-].[Zr+4].c1ccc([SiH]c2ccccc2)cc1.c1ccc2[cH-]ccc2c1.c1ccc2[cH-]ccc2c1. The van der Waals surface area contributed by atoms with E-state index in [1.165, 1.54) is 31.9 Å². The van der Waals surface area contributed by atoms with Crippen LogP contribution in [0.15, 0.2) is 146 Å². The number of rotatable bonds is 2. The Morgan fingerprint density at radius 1 is 0.486 bits per heavy atom. The first-order valence-electron chi connectivity index (χ1n) is 10.9. The number of halogens is 1. The predicted molar refractivity (Wildman–Crippen MR) is 144 cm³/mol. The van der Waals surface area contributed by atoms with Crippen LogP contribution in [0.25, 0.3) is 21.5 Å². The van der Waals surface area contributed by atoms with Gasteiger partial charge in [0.15, 0.2) is 0 Å². The Morgan fingerprint density at radius 3 is 1.20 bits per heavy atom. The minimum Gasteiger partial charge on any atom is -1.00 e. The second-order valence-electron chi connectivity index (χ2n) is 7.28. The summed E-state index contributed by atoms with van der Waals surface area (Å²) in [4.78, 5) is 0. The van der Waals surface area contributed by atoms with E-state index in [2.05, 4.69) is 146 Å². The average molecular weight is 571 g/mol. The zero-order chi connectivity index (χ0) is 23.1. The average Bonchev–Trinajstić information content (AvgIpc) is 3.57. The molecule has 0 atom stereocenters. The molecule has 35 heavy (non-hydrogen) atoms. The summed E-state index contributed by atoms with van der Waals surface area (Å²) in [6, 6.07) is 50.7. The van der Waals surface area contributed by atoms with Gasteiger partial charge in [0.25, 0.3) is 0 Å². The Kier molecular flexibility index (Phi) is 15.5. The van der Waals surface area contributed by atoms with Crippen molar-refractivity contribution >= 4 is 41.4 Å². The van der Waals surface area contributed by atoms with Gasteiger partial charge in [-0.25, -0.2) is 0 Å². The Hall–Kier alpha value is -2.55. The van der Waals surface area contributed by atoms with Gasteiger partial charge in [-0.1, -0.05) is 83.2 Å². The molecule has 0 saturated heterocycles. The van der Waals surface area contributed by atoms with Crippen molar-refractivity contribution in [3.63, 3.8) is 0 Å². The summed E-state index contributed by atoms with van der Waals surface area (Å²) in [6.07, 6.45) is 0. The Labute approximate surface area is 236 Å². The molecular formula is C31H28ClOSiZr. The van der Waals surface area contributed by atoms with Crippen LogP contribution < -0.4 is 27.9 Å². The first-order chi connectivity index (χ1) is 16.4. The second-order valence-corrected chi connectivity index (χ2v) is 8.90. The summed E-state index contributed by atoms with van der Waals surface area (Å²) < 4.78 is 0. The minimum absolute atomic E-state index is 0. The zero-order valence-electron chi connectivity index (χ0n) is 19.7. The molecule has 0 aliphatic rings. The quantitative estimate of drug-likeness (QED) is 0.231. The molecule has 0 aliphatic heterocycles. The van der Waals surface area contributed by atoms with E-state index >= 15 is 0 Å². The molecular weight excluding hydrogens is 543 g/mol. The number of fused-ring (bicyclic) bond motifs is 2. The third kappa shape index (κ3) is 10.3. The molecule has 0 unspecified atom stereocenters. The van der Waals surface area contributed by atoms with Crippen molar-refractivity contribution in [3.05, 3.63) is 146 Å². The standard InChI is InChI=1S/C12H11Si.2C9H7.CH3O.ClH.Zr/c1-3-7-11(8-4-1)13-12-9-5-2-6-10-12;2*1-2-5-9-7-3-6-8(9)4-1;1-2;;/h1-10,13H;2*1-7H;1H3;1H;/q;3*-1;;+4/p-1. The summed E-state index contributed by atoms with van der Waals surface area (Å²) in [6.45, 7) is 0. The summed E-state index contributed by atoms with van der Waals surface area (Å²) >= 11 is 0. The largest absolute Gasteiger partial charge is 4.00 e. The topological polar surface area (TPSA) is 23.1 Å². The van der Waals surface area contributed by atoms with E-state index in [1.54, 1.807) is 0 Å². The van der Waals surface area contributed by atoms with E-state index in [1.807, 2.05) is 0 Å². The zero-order valence-corrected chi connectivity index (χ0v) is 24.1. The van der Waals surface area contributed by atoms with Crippen LogP contribution in [0.5, 0.6) is 0 Å². The van der Waals surface area contributed by atoms with Gasteiger partial charge < -0.3 is 17.5 Å². The van der Waals surface area contributed by atoms with Crippen LogP contribution in [0.4, 0.5) is 0 Å². The van der Waals surface area contributed by atoms with E-state index in [0.717, 1.165) is 7.11 Å². The fraction of sp³-hybridized carbons (Fsp3) is 0.0323. The van der Waals surface area contributed by atoms with Crippen LogP contribution in [0.1, 0.15) is 0 Å². The van der Waals surface area contributed by atoms with Crippen LogP contribution in [-0.4, -0.2) is 16.6 Å². The smallest absolute Gasteiger partial charge is 1.00 e. The molecule has 173 valence electrons. The van der Waals surface area contributed by atoms with E-state index in [-0.39, 0.29) is 48.1 Å². The van der Waals surface area contributed by atoms with E-state index in [0.29, 0.717) is 0 Å².